The Labute approximate surface area is 400 Å². The molecule has 19 heteroatoms. The van der Waals surface area contributed by atoms with E-state index in [4.69, 9.17) is 52.9 Å². The lowest BCUT2D eigenvalue weighted by Crippen LogP contribution is -2.70. The van der Waals surface area contributed by atoms with Crippen LogP contribution < -0.4 is 5.32 Å². The first-order valence-corrected chi connectivity index (χ1v) is 23.0. The zero-order valence-corrected chi connectivity index (χ0v) is 38.5. The van der Waals surface area contributed by atoms with E-state index in [1.54, 1.807) is 0 Å². The van der Waals surface area contributed by atoms with E-state index >= 15 is 0 Å². The summed E-state index contributed by atoms with van der Waals surface area (Å²) in [5.74, 6) is -0.529. The monoisotopic (exact) mass is 958 g/mol. The largest absolute Gasteiger partial charge is 0.394 e. The Morgan fingerprint density at radius 3 is 1.65 bits per heavy atom. The highest BCUT2D eigenvalue weighted by Gasteiger charge is 2.56. The van der Waals surface area contributed by atoms with Crippen molar-refractivity contribution >= 4 is 5.91 Å². The van der Waals surface area contributed by atoms with Gasteiger partial charge in [0.25, 0.3) is 0 Å². The van der Waals surface area contributed by atoms with Crippen molar-refractivity contribution in [2.75, 3.05) is 26.4 Å². The lowest BCUT2D eigenvalue weighted by atomic mass is 9.94. The Balaban J connectivity index is 1.24. The van der Waals surface area contributed by atoms with Crippen molar-refractivity contribution in [3.05, 3.63) is 154 Å². The molecule has 3 aliphatic heterocycles. The molecule has 0 bridgehead atoms. The van der Waals surface area contributed by atoms with Gasteiger partial charge in [-0.2, -0.15) is 0 Å². The van der Waals surface area contributed by atoms with Crippen LogP contribution in [0.3, 0.4) is 0 Å². The Hall–Kier alpha value is -4.90. The van der Waals surface area contributed by atoms with Crippen LogP contribution in [0.25, 0.3) is 10.4 Å². The zero-order valence-electron chi connectivity index (χ0n) is 38.5. The Morgan fingerprint density at radius 1 is 0.609 bits per heavy atom. The summed E-state index contributed by atoms with van der Waals surface area (Å²) in [7, 11) is 0. The molecule has 0 spiro atoms. The lowest BCUT2D eigenvalue weighted by molar-refractivity contribution is -0.379. The van der Waals surface area contributed by atoms with Gasteiger partial charge in [0.2, 0.25) is 5.91 Å². The predicted molar refractivity (Wildman–Crippen MR) is 245 cm³/mol. The van der Waals surface area contributed by atoms with Gasteiger partial charge >= 0.3 is 0 Å². The summed E-state index contributed by atoms with van der Waals surface area (Å²) in [4.78, 5) is 15.9. The molecule has 3 fully saturated rings. The molecule has 7 rings (SSSR count). The molecule has 3 heterocycles. The molecule has 4 aromatic rings. The predicted octanol–water partition coefficient (Wildman–Crippen LogP) is 3.83. The third kappa shape index (κ3) is 14.4. The number of nitrogens with one attached hydrogen (secondary N) is 1. The van der Waals surface area contributed by atoms with Crippen molar-refractivity contribution in [3.8, 4) is 0 Å². The number of nitrogens with zero attached hydrogens (tertiary/aromatic N) is 3. The first kappa shape index (κ1) is 51.9. The molecule has 4 aromatic carbocycles. The number of aliphatic hydroxyl groups is 4. The van der Waals surface area contributed by atoms with Crippen LogP contribution in [0.1, 0.15) is 36.1 Å². The first-order valence-electron chi connectivity index (χ1n) is 23.0. The summed E-state index contributed by atoms with van der Waals surface area (Å²) < 4.78 is 64.8. The molecule has 0 aliphatic carbocycles. The van der Waals surface area contributed by atoms with E-state index in [9.17, 15) is 25.2 Å². The maximum Gasteiger partial charge on any atom is 0.217 e. The summed E-state index contributed by atoms with van der Waals surface area (Å²) in [6.07, 6.45) is -18.1. The van der Waals surface area contributed by atoms with E-state index < -0.39 is 105 Å². The highest BCUT2D eigenvalue weighted by Crippen LogP contribution is 2.37. The van der Waals surface area contributed by atoms with Gasteiger partial charge in [0.05, 0.1) is 52.4 Å². The van der Waals surface area contributed by atoms with E-state index in [1.165, 1.54) is 6.92 Å². The Morgan fingerprint density at radius 2 is 1.12 bits per heavy atom. The van der Waals surface area contributed by atoms with Gasteiger partial charge in [-0.15, -0.1) is 0 Å². The van der Waals surface area contributed by atoms with Crippen molar-refractivity contribution in [1.29, 1.82) is 0 Å². The molecular formula is C50H62N4O15. The summed E-state index contributed by atoms with van der Waals surface area (Å²) in [5, 5.41) is 51.0. The molecule has 5 N–H and O–H groups in total. The van der Waals surface area contributed by atoms with Gasteiger partial charge in [-0.05, 0) is 34.7 Å². The molecule has 372 valence electrons. The van der Waals surface area contributed by atoms with Crippen molar-refractivity contribution in [2.24, 2.45) is 5.11 Å². The fraction of sp³-hybridized carbons (Fsp3) is 0.500. The van der Waals surface area contributed by atoms with Crippen LogP contribution in [-0.2, 0) is 78.6 Å². The van der Waals surface area contributed by atoms with Gasteiger partial charge in [0, 0.05) is 18.4 Å². The summed E-state index contributed by atoms with van der Waals surface area (Å²) in [6.45, 7) is 2.56. The highest BCUT2D eigenvalue weighted by atomic mass is 16.8. The molecule has 0 radical (unpaired) electrons. The van der Waals surface area contributed by atoms with Crippen LogP contribution in [0.15, 0.2) is 126 Å². The van der Waals surface area contributed by atoms with Crippen molar-refractivity contribution in [3.63, 3.8) is 0 Å². The van der Waals surface area contributed by atoms with Gasteiger partial charge < -0.3 is 73.1 Å². The summed E-state index contributed by atoms with van der Waals surface area (Å²) in [5.41, 5.74) is 12.5. The van der Waals surface area contributed by atoms with Crippen LogP contribution >= 0.6 is 0 Å². The molecule has 0 aromatic heterocycles. The van der Waals surface area contributed by atoms with Crippen LogP contribution in [0.5, 0.6) is 0 Å². The van der Waals surface area contributed by atoms with Gasteiger partial charge in [0.1, 0.15) is 67.1 Å². The molecule has 15 atom stereocenters. The number of amides is 1. The third-order valence-corrected chi connectivity index (χ3v) is 12.0. The minimum Gasteiger partial charge on any atom is -0.394 e. The molecule has 3 saturated heterocycles. The van der Waals surface area contributed by atoms with Crippen LogP contribution in [0.4, 0.5) is 0 Å². The Kier molecular flexibility index (Phi) is 19.8. The lowest BCUT2D eigenvalue weighted by Gasteiger charge is -2.51. The fourth-order valence-corrected chi connectivity index (χ4v) is 8.48. The Bertz CT molecular complexity index is 2160. The van der Waals surface area contributed by atoms with E-state index in [0.717, 1.165) is 22.3 Å². The number of aliphatic hydroxyl groups excluding tert-OH is 4. The number of ether oxygens (including phenoxy) is 10. The topological polar surface area (TPSA) is 251 Å². The number of carbonyl (C=O) groups is 1. The van der Waals surface area contributed by atoms with Crippen molar-refractivity contribution < 1.29 is 72.6 Å². The number of hydrogen-bond donors (Lipinski definition) is 5. The summed E-state index contributed by atoms with van der Waals surface area (Å²) >= 11 is 0. The number of benzene rings is 4. The minimum atomic E-state index is -1.83. The summed E-state index contributed by atoms with van der Waals surface area (Å²) in [6, 6.07) is 36.8. The van der Waals surface area contributed by atoms with E-state index in [2.05, 4.69) is 15.3 Å². The SMILES string of the molecule is CC(=O)N[C@H]1[C@H](OCCN=[N+]=[N-])O[C@H](CO)[C@@H](OC2OC(COCc3ccccc3)C(O)C(O)C2O)[C@@H]1O[C@@H]1O[C@@H](C)[C@@H](OCc2ccccc2)[C@@H](OCc2ccccc2)[C@@H]1OCc1ccccc1. The van der Waals surface area contributed by atoms with E-state index in [-0.39, 0.29) is 46.2 Å². The fourth-order valence-electron chi connectivity index (χ4n) is 8.48. The smallest absolute Gasteiger partial charge is 0.217 e. The number of carbonyl (C=O) groups excluding carboxylic acids is 1. The normalized spacial score (nSPS) is 31.4. The molecular weight excluding hydrogens is 897 g/mol. The molecule has 5 unspecified atom stereocenters. The molecule has 1 amide bonds. The quantitative estimate of drug-likeness (QED) is 0.0307. The van der Waals surface area contributed by atoms with Crippen molar-refractivity contribution in [1.82, 2.24) is 5.32 Å². The third-order valence-electron chi connectivity index (χ3n) is 12.0. The average Bonchev–Trinajstić information content (AvgIpc) is 3.37. The van der Waals surface area contributed by atoms with Gasteiger partial charge in [-0.3, -0.25) is 4.79 Å². The highest BCUT2D eigenvalue weighted by molar-refractivity contribution is 5.73. The van der Waals surface area contributed by atoms with Crippen LogP contribution in [0, 0.1) is 0 Å². The zero-order chi connectivity index (χ0) is 48.5. The second kappa shape index (κ2) is 26.3. The van der Waals surface area contributed by atoms with Crippen LogP contribution in [-0.4, -0.2) is 145 Å². The van der Waals surface area contributed by atoms with E-state index in [0.29, 0.717) is 0 Å². The van der Waals surface area contributed by atoms with Gasteiger partial charge in [-0.1, -0.05) is 126 Å². The van der Waals surface area contributed by atoms with Crippen LogP contribution in [0.2, 0.25) is 0 Å². The molecule has 69 heavy (non-hydrogen) atoms. The molecule has 0 saturated carbocycles. The van der Waals surface area contributed by atoms with Gasteiger partial charge in [0.15, 0.2) is 18.9 Å². The molecule has 3 aliphatic rings. The first-order chi connectivity index (χ1) is 33.6. The number of hydrogen-bond acceptors (Lipinski definition) is 16. The number of azide groups is 1. The minimum absolute atomic E-state index is 0.0863. The standard InChI is InChI=1S/C50H62N4O15/c1-31-43(62-27-34-17-9-4-10-18-34)46(63-28-35-19-11-5-12-20-35)47(64-29-36-21-13-6-14-22-36)50(65-31)69-45-39(53-32(2)56)48(61-24-23-52-54-51)66-37(25-55)44(45)68-49-42(59)41(58)40(57)38(67-49)30-60-26-33-15-7-3-8-16-33/h3-22,31,37-50,55,57-59H,23-30H2,1-2H3,(H,53,56)/t31-,37+,38?,39+,40?,41?,42?,43+,44+,45+,46+,47-,48+,49?,50-/m0/s1. The second-order valence-electron chi connectivity index (χ2n) is 17.0. The second-order valence-corrected chi connectivity index (χ2v) is 17.0. The van der Waals surface area contributed by atoms with Crippen molar-refractivity contribution in [2.45, 2.75) is 132 Å². The molecule has 19 nitrogen and oxygen atoms in total. The number of rotatable bonds is 23. The average molecular weight is 959 g/mol. The maximum absolute atomic E-state index is 13.1. The van der Waals surface area contributed by atoms with Gasteiger partial charge in [-0.25, -0.2) is 0 Å². The maximum atomic E-state index is 13.1. The van der Waals surface area contributed by atoms with E-state index in [1.807, 2.05) is 128 Å².